The number of rotatable bonds is 2. The standard InChI is InChI=1S/C24H21N2/c1-17-9-8-10-18(2)23(17)26-16-22(19-11-4-3-5-12-19)25-15-20-13-6-7-14-21(20)24(25)26/h3-14,16H,15H2,1-2H3/q+1. The maximum atomic E-state index is 2.45. The molecular weight excluding hydrogens is 316 g/mol. The van der Waals surface area contributed by atoms with Crippen molar-refractivity contribution in [3.8, 4) is 28.3 Å². The molecule has 2 nitrogen and oxygen atoms in total. The van der Waals surface area contributed by atoms with Gasteiger partial charge in [0.25, 0.3) is 5.82 Å². The maximum Gasteiger partial charge on any atom is 0.295 e. The highest BCUT2D eigenvalue weighted by molar-refractivity contribution is 5.69. The first-order valence-corrected chi connectivity index (χ1v) is 9.09. The van der Waals surface area contributed by atoms with Crippen LogP contribution >= 0.6 is 0 Å². The summed E-state index contributed by atoms with van der Waals surface area (Å²) in [5.41, 5.74) is 9.12. The number of nitrogens with zero attached hydrogens (tertiary/aromatic N) is 2. The molecule has 126 valence electrons. The van der Waals surface area contributed by atoms with E-state index in [1.54, 1.807) is 0 Å². The van der Waals surface area contributed by atoms with Gasteiger partial charge in [0.15, 0.2) is 5.69 Å². The first-order valence-electron chi connectivity index (χ1n) is 9.09. The molecule has 3 aromatic carbocycles. The van der Waals surface area contributed by atoms with Crippen molar-refractivity contribution < 1.29 is 4.57 Å². The minimum atomic E-state index is 0.924. The minimum Gasteiger partial charge on any atom is -0.218 e. The number of imidazole rings is 1. The van der Waals surface area contributed by atoms with Crippen LogP contribution in [0.15, 0.2) is 79.0 Å². The summed E-state index contributed by atoms with van der Waals surface area (Å²) in [4.78, 5) is 0. The molecule has 5 rings (SSSR count). The predicted molar refractivity (Wildman–Crippen MR) is 105 cm³/mol. The van der Waals surface area contributed by atoms with Gasteiger partial charge in [-0.1, -0.05) is 66.7 Å². The average molecular weight is 337 g/mol. The van der Waals surface area contributed by atoms with E-state index in [4.69, 9.17) is 0 Å². The molecule has 1 aliphatic heterocycles. The molecular formula is C24H21N2+. The van der Waals surface area contributed by atoms with Gasteiger partial charge in [-0.2, -0.15) is 4.57 Å². The second kappa shape index (κ2) is 5.70. The van der Waals surface area contributed by atoms with E-state index >= 15 is 0 Å². The molecule has 1 aliphatic rings. The summed E-state index contributed by atoms with van der Waals surface area (Å²) in [6.45, 7) is 5.32. The van der Waals surface area contributed by atoms with Gasteiger partial charge in [-0.3, -0.25) is 0 Å². The monoisotopic (exact) mass is 337 g/mol. The van der Waals surface area contributed by atoms with Gasteiger partial charge < -0.3 is 0 Å². The Hall–Kier alpha value is -3.13. The first kappa shape index (κ1) is 15.2. The molecule has 0 radical (unpaired) electrons. The highest BCUT2D eigenvalue weighted by Crippen LogP contribution is 2.35. The van der Waals surface area contributed by atoms with Gasteiger partial charge in [-0.05, 0) is 31.0 Å². The zero-order valence-electron chi connectivity index (χ0n) is 15.1. The fourth-order valence-electron chi connectivity index (χ4n) is 4.17. The Morgan fingerprint density at radius 1 is 0.769 bits per heavy atom. The summed E-state index contributed by atoms with van der Waals surface area (Å²) in [6, 6.07) is 26.0. The lowest BCUT2D eigenvalue weighted by Gasteiger charge is -2.07. The summed E-state index contributed by atoms with van der Waals surface area (Å²) in [6.07, 6.45) is 2.30. The van der Waals surface area contributed by atoms with Crippen molar-refractivity contribution >= 4 is 0 Å². The molecule has 0 fully saturated rings. The Morgan fingerprint density at radius 3 is 2.23 bits per heavy atom. The zero-order chi connectivity index (χ0) is 17.7. The van der Waals surface area contributed by atoms with E-state index in [0.717, 1.165) is 6.54 Å². The normalized spacial score (nSPS) is 12.1. The third-order valence-electron chi connectivity index (χ3n) is 5.36. The molecule has 2 heteroatoms. The van der Waals surface area contributed by atoms with E-state index in [1.807, 2.05) is 0 Å². The third-order valence-corrected chi connectivity index (χ3v) is 5.36. The number of hydrogen-bond donors (Lipinski definition) is 0. The topological polar surface area (TPSA) is 8.81 Å². The molecule has 0 bridgehead atoms. The Kier molecular flexibility index (Phi) is 3.32. The Labute approximate surface area is 154 Å². The Balaban J connectivity index is 1.85. The van der Waals surface area contributed by atoms with Crippen LogP contribution in [0.4, 0.5) is 0 Å². The lowest BCUT2D eigenvalue weighted by molar-refractivity contribution is -0.583. The predicted octanol–water partition coefficient (Wildman–Crippen LogP) is 5.08. The molecule has 0 amide bonds. The molecule has 1 aromatic heterocycles. The molecule has 0 saturated carbocycles. The van der Waals surface area contributed by atoms with E-state index in [9.17, 15) is 0 Å². The van der Waals surface area contributed by atoms with Crippen LogP contribution in [-0.4, -0.2) is 4.57 Å². The van der Waals surface area contributed by atoms with Crippen molar-refractivity contribution in [2.75, 3.05) is 0 Å². The minimum absolute atomic E-state index is 0.924. The smallest absolute Gasteiger partial charge is 0.218 e. The lowest BCUT2D eigenvalue weighted by Crippen LogP contribution is -2.33. The molecule has 0 N–H and O–H groups in total. The molecule has 0 saturated heterocycles. The number of aromatic nitrogens is 2. The van der Waals surface area contributed by atoms with Crippen LogP contribution < -0.4 is 4.57 Å². The second-order valence-electron chi connectivity index (χ2n) is 7.06. The van der Waals surface area contributed by atoms with Crippen molar-refractivity contribution in [2.45, 2.75) is 20.4 Å². The summed E-state index contributed by atoms with van der Waals surface area (Å²) in [7, 11) is 0. The molecule has 0 spiro atoms. The Bertz CT molecular complexity index is 1100. The van der Waals surface area contributed by atoms with Crippen LogP contribution in [0.2, 0.25) is 0 Å². The second-order valence-corrected chi connectivity index (χ2v) is 7.06. The lowest BCUT2D eigenvalue weighted by atomic mass is 10.1. The van der Waals surface area contributed by atoms with E-state index < -0.39 is 0 Å². The number of para-hydroxylation sites is 1. The van der Waals surface area contributed by atoms with E-state index in [0.29, 0.717) is 0 Å². The highest BCUT2D eigenvalue weighted by Gasteiger charge is 2.34. The average Bonchev–Trinajstić information content (AvgIpc) is 3.20. The van der Waals surface area contributed by atoms with Crippen molar-refractivity contribution in [1.29, 1.82) is 0 Å². The highest BCUT2D eigenvalue weighted by atomic mass is 15.2. The number of benzene rings is 3. The molecule has 26 heavy (non-hydrogen) atoms. The number of hydrogen-bond acceptors (Lipinski definition) is 0. The van der Waals surface area contributed by atoms with Crippen LogP contribution in [0.5, 0.6) is 0 Å². The van der Waals surface area contributed by atoms with Gasteiger partial charge >= 0.3 is 0 Å². The third kappa shape index (κ3) is 2.15. The van der Waals surface area contributed by atoms with Gasteiger partial charge in [0.05, 0.1) is 5.56 Å². The van der Waals surface area contributed by atoms with Crippen molar-refractivity contribution in [1.82, 2.24) is 4.57 Å². The molecule has 4 aromatic rings. The number of fused-ring (bicyclic) bond motifs is 3. The largest absolute Gasteiger partial charge is 0.295 e. The Morgan fingerprint density at radius 2 is 1.46 bits per heavy atom. The summed E-state index contributed by atoms with van der Waals surface area (Å²) >= 11 is 0. The van der Waals surface area contributed by atoms with Crippen LogP contribution in [0, 0.1) is 13.8 Å². The van der Waals surface area contributed by atoms with Crippen molar-refractivity contribution in [2.24, 2.45) is 0 Å². The summed E-state index contributed by atoms with van der Waals surface area (Å²) in [5, 5.41) is 0. The molecule has 0 unspecified atom stereocenters. The fraction of sp³-hybridized carbons (Fsp3) is 0.125. The van der Waals surface area contributed by atoms with Gasteiger partial charge in [0, 0.05) is 11.1 Å². The van der Waals surface area contributed by atoms with E-state index in [1.165, 1.54) is 45.0 Å². The van der Waals surface area contributed by atoms with Gasteiger partial charge in [-0.25, -0.2) is 4.57 Å². The van der Waals surface area contributed by atoms with E-state index in [-0.39, 0.29) is 0 Å². The van der Waals surface area contributed by atoms with Crippen molar-refractivity contribution in [3.63, 3.8) is 0 Å². The molecule has 0 atom stereocenters. The summed E-state index contributed by atoms with van der Waals surface area (Å²) < 4.78 is 4.84. The van der Waals surface area contributed by atoms with Crippen LogP contribution in [0.1, 0.15) is 16.7 Å². The van der Waals surface area contributed by atoms with E-state index in [2.05, 4.69) is 102 Å². The van der Waals surface area contributed by atoms with Gasteiger partial charge in [0.1, 0.15) is 18.4 Å². The molecule has 0 aliphatic carbocycles. The SMILES string of the molecule is Cc1cccc(C)c1-[n+]1cc(-c2ccccc2)n2c1-c1ccccc1C2. The van der Waals surface area contributed by atoms with Crippen LogP contribution in [-0.2, 0) is 6.54 Å². The number of aryl methyl sites for hydroxylation is 2. The fourth-order valence-corrected chi connectivity index (χ4v) is 4.17. The summed E-state index contributed by atoms with van der Waals surface area (Å²) in [5.74, 6) is 1.27. The van der Waals surface area contributed by atoms with Gasteiger partial charge in [-0.15, -0.1) is 0 Å². The van der Waals surface area contributed by atoms with Gasteiger partial charge in [0.2, 0.25) is 0 Å². The zero-order valence-corrected chi connectivity index (χ0v) is 15.1. The van der Waals surface area contributed by atoms with Crippen LogP contribution in [0.3, 0.4) is 0 Å². The van der Waals surface area contributed by atoms with Crippen molar-refractivity contribution in [3.05, 3.63) is 95.7 Å². The first-order chi connectivity index (χ1) is 12.7. The van der Waals surface area contributed by atoms with Crippen LogP contribution in [0.25, 0.3) is 28.3 Å². The molecule has 2 heterocycles. The maximum absolute atomic E-state index is 2.45. The quantitative estimate of drug-likeness (QED) is 0.397.